The fraction of sp³-hybridized carbons (Fsp3) is 0.750. The second-order valence-corrected chi connectivity index (χ2v) is 5.33. The molecule has 1 unspecified atom stereocenters. The fourth-order valence-electron chi connectivity index (χ4n) is 1.47. The summed E-state index contributed by atoms with van der Waals surface area (Å²) in [5, 5.41) is 6.88. The van der Waals surface area contributed by atoms with Crippen LogP contribution in [0.1, 0.15) is 57.2 Å². The molecule has 0 bridgehead atoms. The summed E-state index contributed by atoms with van der Waals surface area (Å²) in [4.78, 5) is 4.60. The molecule has 86 valence electrons. The first kappa shape index (κ1) is 12.7. The molecule has 1 aromatic heterocycles. The lowest BCUT2D eigenvalue weighted by molar-refractivity contribution is 0.507. The molecule has 2 nitrogen and oxygen atoms in total. The van der Waals surface area contributed by atoms with E-state index in [0.717, 1.165) is 6.54 Å². The Kier molecular flexibility index (Phi) is 5.26. The van der Waals surface area contributed by atoms with Gasteiger partial charge in [0.1, 0.15) is 5.01 Å². The molecule has 0 aliphatic heterocycles. The van der Waals surface area contributed by atoms with Crippen LogP contribution in [0.4, 0.5) is 0 Å². The zero-order valence-corrected chi connectivity index (χ0v) is 11.0. The third-order valence-electron chi connectivity index (χ3n) is 2.48. The molecule has 0 aromatic carbocycles. The van der Waals surface area contributed by atoms with Gasteiger partial charge in [-0.1, -0.05) is 27.2 Å². The molecule has 0 aliphatic carbocycles. The third kappa shape index (κ3) is 4.31. The van der Waals surface area contributed by atoms with Gasteiger partial charge in [-0.3, -0.25) is 0 Å². The van der Waals surface area contributed by atoms with Gasteiger partial charge in [-0.2, -0.15) is 0 Å². The van der Waals surface area contributed by atoms with E-state index in [0.29, 0.717) is 12.0 Å². The lowest BCUT2D eigenvalue weighted by atomic mass is 10.2. The highest BCUT2D eigenvalue weighted by atomic mass is 32.1. The highest BCUT2D eigenvalue weighted by Gasteiger charge is 2.06. The second kappa shape index (κ2) is 6.23. The van der Waals surface area contributed by atoms with Crippen LogP contribution in [0.3, 0.4) is 0 Å². The highest BCUT2D eigenvalue weighted by Crippen LogP contribution is 2.17. The smallest absolute Gasteiger partial charge is 0.107 e. The molecule has 1 aromatic rings. The monoisotopic (exact) mass is 226 g/mol. The summed E-state index contributed by atoms with van der Waals surface area (Å²) in [6.07, 6.45) is 2.48. The maximum Gasteiger partial charge on any atom is 0.107 e. The number of nitrogens with zero attached hydrogens (tertiary/aromatic N) is 1. The third-order valence-corrected chi connectivity index (χ3v) is 3.35. The van der Waals surface area contributed by atoms with Crippen molar-refractivity contribution in [3.63, 3.8) is 0 Å². The fourth-order valence-corrected chi connectivity index (χ4v) is 2.37. The summed E-state index contributed by atoms with van der Waals surface area (Å²) in [5.74, 6) is 0.545. The van der Waals surface area contributed by atoms with Gasteiger partial charge in [-0.15, -0.1) is 11.3 Å². The lowest BCUT2D eigenvalue weighted by Crippen LogP contribution is -2.25. The Morgan fingerprint density at radius 1 is 1.40 bits per heavy atom. The van der Waals surface area contributed by atoms with Crippen molar-refractivity contribution < 1.29 is 0 Å². The average Bonchev–Trinajstić information content (AvgIpc) is 2.63. The first-order valence-corrected chi connectivity index (χ1v) is 6.69. The Bertz CT molecular complexity index is 281. The lowest BCUT2D eigenvalue weighted by Gasteiger charge is -2.10. The molecule has 1 atom stereocenters. The molecule has 0 saturated carbocycles. The minimum atomic E-state index is 0.545. The Balaban J connectivity index is 2.37. The number of rotatable bonds is 6. The molecular formula is C12H22N2S. The van der Waals surface area contributed by atoms with Crippen molar-refractivity contribution in [3.8, 4) is 0 Å². The van der Waals surface area contributed by atoms with Gasteiger partial charge in [0, 0.05) is 18.0 Å². The summed E-state index contributed by atoms with van der Waals surface area (Å²) < 4.78 is 0. The zero-order valence-electron chi connectivity index (χ0n) is 10.2. The molecule has 1 heterocycles. The highest BCUT2D eigenvalue weighted by molar-refractivity contribution is 7.09. The van der Waals surface area contributed by atoms with Gasteiger partial charge in [-0.25, -0.2) is 4.98 Å². The molecule has 1 N–H and O–H groups in total. The summed E-state index contributed by atoms with van der Waals surface area (Å²) >= 11 is 1.76. The van der Waals surface area contributed by atoms with E-state index in [4.69, 9.17) is 0 Å². The molecular weight excluding hydrogens is 204 g/mol. The predicted octanol–water partition coefficient (Wildman–Crippen LogP) is 3.54. The van der Waals surface area contributed by atoms with Gasteiger partial charge in [0.15, 0.2) is 0 Å². The van der Waals surface area contributed by atoms with E-state index in [9.17, 15) is 0 Å². The van der Waals surface area contributed by atoms with Gasteiger partial charge < -0.3 is 5.32 Å². The number of aromatic nitrogens is 1. The summed E-state index contributed by atoms with van der Waals surface area (Å²) in [7, 11) is 0. The van der Waals surface area contributed by atoms with E-state index in [1.807, 2.05) is 0 Å². The molecule has 1 rings (SSSR count). The van der Waals surface area contributed by atoms with E-state index >= 15 is 0 Å². The molecule has 3 heteroatoms. The molecule has 0 fully saturated rings. The van der Waals surface area contributed by atoms with Crippen LogP contribution in [0.15, 0.2) is 5.38 Å². The van der Waals surface area contributed by atoms with Crippen molar-refractivity contribution >= 4 is 11.3 Å². The maximum absolute atomic E-state index is 4.60. The predicted molar refractivity (Wildman–Crippen MR) is 67.4 cm³/mol. The van der Waals surface area contributed by atoms with Crippen molar-refractivity contribution in [1.82, 2.24) is 10.3 Å². The molecule has 0 saturated heterocycles. The number of hydrogen-bond acceptors (Lipinski definition) is 3. The van der Waals surface area contributed by atoms with Gasteiger partial charge >= 0.3 is 0 Å². The van der Waals surface area contributed by atoms with Crippen LogP contribution in [0, 0.1) is 0 Å². The maximum atomic E-state index is 4.60. The van der Waals surface area contributed by atoms with Crippen molar-refractivity contribution in [2.75, 3.05) is 0 Å². The van der Waals surface area contributed by atoms with E-state index in [1.54, 1.807) is 11.3 Å². The minimum absolute atomic E-state index is 0.545. The summed E-state index contributed by atoms with van der Waals surface area (Å²) in [6.45, 7) is 9.75. The van der Waals surface area contributed by atoms with Crippen LogP contribution in [-0.4, -0.2) is 11.0 Å². The Morgan fingerprint density at radius 3 is 2.67 bits per heavy atom. The van der Waals surface area contributed by atoms with Crippen LogP contribution in [-0.2, 0) is 6.54 Å². The molecule has 0 spiro atoms. The van der Waals surface area contributed by atoms with Gasteiger partial charge in [0.25, 0.3) is 0 Å². The standard InChI is InChI=1S/C12H22N2S/c1-5-6-10(4)13-7-12-14-11(8-15-12)9(2)3/h8-10,13H,5-7H2,1-4H3. The molecule has 0 radical (unpaired) electrons. The van der Waals surface area contributed by atoms with Crippen molar-refractivity contribution in [2.24, 2.45) is 0 Å². The van der Waals surface area contributed by atoms with E-state index in [1.165, 1.54) is 23.5 Å². The number of hydrogen-bond donors (Lipinski definition) is 1. The van der Waals surface area contributed by atoms with Crippen LogP contribution in [0.2, 0.25) is 0 Å². The summed E-state index contributed by atoms with van der Waals surface area (Å²) in [5.41, 5.74) is 1.22. The van der Waals surface area contributed by atoms with Gasteiger partial charge in [-0.05, 0) is 19.3 Å². The van der Waals surface area contributed by atoms with E-state index in [-0.39, 0.29) is 0 Å². The van der Waals surface area contributed by atoms with Crippen LogP contribution < -0.4 is 5.32 Å². The Labute approximate surface area is 97.1 Å². The van der Waals surface area contributed by atoms with Crippen LogP contribution in [0.25, 0.3) is 0 Å². The largest absolute Gasteiger partial charge is 0.308 e. The average molecular weight is 226 g/mol. The minimum Gasteiger partial charge on any atom is -0.308 e. The quantitative estimate of drug-likeness (QED) is 0.802. The van der Waals surface area contributed by atoms with Crippen LogP contribution >= 0.6 is 11.3 Å². The molecule has 15 heavy (non-hydrogen) atoms. The molecule has 0 amide bonds. The van der Waals surface area contributed by atoms with Crippen molar-refractivity contribution in [1.29, 1.82) is 0 Å². The second-order valence-electron chi connectivity index (χ2n) is 4.39. The van der Waals surface area contributed by atoms with E-state index < -0.39 is 0 Å². The molecule has 0 aliphatic rings. The normalized spacial score (nSPS) is 13.4. The SMILES string of the molecule is CCCC(C)NCc1nc(C(C)C)cs1. The van der Waals surface area contributed by atoms with Gasteiger partial charge in [0.2, 0.25) is 0 Å². The van der Waals surface area contributed by atoms with Crippen molar-refractivity contribution in [3.05, 3.63) is 16.1 Å². The number of thiazole rings is 1. The van der Waals surface area contributed by atoms with Gasteiger partial charge in [0.05, 0.1) is 5.69 Å². The van der Waals surface area contributed by atoms with Crippen molar-refractivity contribution in [2.45, 2.75) is 59.0 Å². The number of nitrogens with one attached hydrogen (secondary N) is 1. The zero-order chi connectivity index (χ0) is 11.3. The first-order chi connectivity index (χ1) is 7.13. The Hall–Kier alpha value is -0.410. The topological polar surface area (TPSA) is 24.9 Å². The van der Waals surface area contributed by atoms with Crippen LogP contribution in [0.5, 0.6) is 0 Å². The first-order valence-electron chi connectivity index (χ1n) is 5.81. The van der Waals surface area contributed by atoms with E-state index in [2.05, 4.69) is 43.4 Å². The summed E-state index contributed by atoms with van der Waals surface area (Å²) in [6, 6.07) is 0.599. The Morgan fingerprint density at radius 2 is 2.13 bits per heavy atom.